The van der Waals surface area contributed by atoms with Gasteiger partial charge in [-0.2, -0.15) is 13.2 Å². The predicted octanol–water partition coefficient (Wildman–Crippen LogP) is 1.82. The molecule has 0 saturated heterocycles. The molecule has 0 aliphatic carbocycles. The van der Waals surface area contributed by atoms with Crippen LogP contribution in [0, 0.1) is 5.92 Å². The summed E-state index contributed by atoms with van der Waals surface area (Å²) in [6.07, 6.45) is -4.39. The fraction of sp³-hybridized carbons (Fsp3) is 0.900. The number of amides is 1. The highest BCUT2D eigenvalue weighted by molar-refractivity contribution is 5.81. The van der Waals surface area contributed by atoms with Gasteiger partial charge in [0.05, 0.1) is 6.04 Å². The molecule has 6 heteroatoms. The lowest BCUT2D eigenvalue weighted by atomic mass is 9.99. The van der Waals surface area contributed by atoms with Crippen LogP contribution in [-0.2, 0) is 4.79 Å². The van der Waals surface area contributed by atoms with E-state index in [1.807, 2.05) is 13.8 Å². The zero-order valence-corrected chi connectivity index (χ0v) is 9.60. The lowest BCUT2D eigenvalue weighted by Crippen LogP contribution is -2.44. The summed E-state index contributed by atoms with van der Waals surface area (Å²) < 4.78 is 35.4. The van der Waals surface area contributed by atoms with E-state index in [9.17, 15) is 18.0 Å². The largest absolute Gasteiger partial charge is 0.389 e. The molecule has 0 aromatic rings. The van der Waals surface area contributed by atoms with Gasteiger partial charge >= 0.3 is 6.18 Å². The summed E-state index contributed by atoms with van der Waals surface area (Å²) in [5, 5.41) is 2.41. The summed E-state index contributed by atoms with van der Waals surface area (Å²) in [5.74, 6) is -0.348. The van der Waals surface area contributed by atoms with Gasteiger partial charge in [-0.1, -0.05) is 20.3 Å². The molecule has 0 heterocycles. The van der Waals surface area contributed by atoms with Gasteiger partial charge in [-0.05, 0) is 12.3 Å². The van der Waals surface area contributed by atoms with E-state index in [0.29, 0.717) is 0 Å². The normalized spacial score (nSPS) is 15.6. The first-order valence-electron chi connectivity index (χ1n) is 5.38. The number of halogens is 3. The first-order chi connectivity index (χ1) is 7.28. The summed E-state index contributed by atoms with van der Waals surface area (Å²) in [6, 6.07) is -0.643. The van der Waals surface area contributed by atoms with Crippen LogP contribution in [0.1, 0.15) is 33.1 Å². The summed E-state index contributed by atoms with van der Waals surface area (Å²) >= 11 is 0. The number of carbonyl (C=O) groups excluding carboxylic acids is 1. The number of nitrogens with two attached hydrogens (primary N) is 1. The van der Waals surface area contributed by atoms with Crippen molar-refractivity contribution >= 4 is 5.91 Å². The Morgan fingerprint density at radius 2 is 2.00 bits per heavy atom. The lowest BCUT2D eigenvalue weighted by molar-refractivity contribution is -0.136. The van der Waals surface area contributed by atoms with E-state index in [4.69, 9.17) is 5.73 Å². The molecule has 1 unspecified atom stereocenters. The first kappa shape index (κ1) is 15.2. The van der Waals surface area contributed by atoms with Crippen LogP contribution in [-0.4, -0.2) is 24.7 Å². The summed E-state index contributed by atoms with van der Waals surface area (Å²) in [6.45, 7) is 3.75. The minimum Gasteiger partial charge on any atom is -0.355 e. The van der Waals surface area contributed by atoms with Crippen LogP contribution in [0.5, 0.6) is 0 Å². The molecule has 0 rings (SSSR count). The third-order valence-electron chi connectivity index (χ3n) is 2.50. The molecule has 0 aromatic heterocycles. The van der Waals surface area contributed by atoms with E-state index in [1.54, 1.807) is 0 Å². The van der Waals surface area contributed by atoms with Crippen LogP contribution < -0.4 is 11.1 Å². The third-order valence-corrected chi connectivity index (χ3v) is 2.50. The van der Waals surface area contributed by atoms with Crippen LogP contribution in [0.15, 0.2) is 0 Å². The highest BCUT2D eigenvalue weighted by atomic mass is 19.4. The number of alkyl halides is 3. The molecule has 3 N–H and O–H groups in total. The summed E-state index contributed by atoms with van der Waals surface area (Å²) in [4.78, 5) is 11.4. The fourth-order valence-electron chi connectivity index (χ4n) is 1.13. The topological polar surface area (TPSA) is 55.1 Å². The minimum atomic E-state index is -4.16. The van der Waals surface area contributed by atoms with Gasteiger partial charge in [0.25, 0.3) is 0 Å². The second-order valence-electron chi connectivity index (χ2n) is 3.92. The van der Waals surface area contributed by atoms with Gasteiger partial charge in [0, 0.05) is 13.0 Å². The van der Waals surface area contributed by atoms with Crippen LogP contribution in [0.3, 0.4) is 0 Å². The Morgan fingerprint density at radius 1 is 1.44 bits per heavy atom. The van der Waals surface area contributed by atoms with Crippen LogP contribution in [0.25, 0.3) is 0 Å². The Kier molecular flexibility index (Phi) is 6.40. The van der Waals surface area contributed by atoms with Crippen molar-refractivity contribution in [3.8, 4) is 0 Å². The summed E-state index contributed by atoms with van der Waals surface area (Å²) in [7, 11) is 0. The zero-order chi connectivity index (χ0) is 12.8. The van der Waals surface area contributed by atoms with E-state index >= 15 is 0 Å². The molecule has 0 aromatic carbocycles. The number of carbonyl (C=O) groups is 1. The quantitative estimate of drug-likeness (QED) is 0.696. The van der Waals surface area contributed by atoms with Crippen molar-refractivity contribution < 1.29 is 18.0 Å². The second kappa shape index (κ2) is 6.73. The van der Waals surface area contributed by atoms with Crippen molar-refractivity contribution in [3.63, 3.8) is 0 Å². The minimum absolute atomic E-state index is 0.0163. The van der Waals surface area contributed by atoms with Gasteiger partial charge in [0.2, 0.25) is 5.91 Å². The van der Waals surface area contributed by atoms with Crippen molar-refractivity contribution in [2.45, 2.75) is 45.3 Å². The molecule has 0 radical (unpaired) electrons. The average molecular weight is 240 g/mol. The zero-order valence-electron chi connectivity index (χ0n) is 9.60. The maximum absolute atomic E-state index is 11.8. The number of hydrogen-bond donors (Lipinski definition) is 2. The molecule has 2 atom stereocenters. The standard InChI is InChI=1S/C10H19F3N2O/c1-3-7(2)8(14)9(16)15-6-4-5-10(11,12)13/h7-8H,3-6,14H2,1-2H3,(H,15,16)/t7?,8-/m0/s1. The van der Waals surface area contributed by atoms with Crippen LogP contribution in [0.2, 0.25) is 0 Å². The maximum Gasteiger partial charge on any atom is 0.389 e. The summed E-state index contributed by atoms with van der Waals surface area (Å²) in [5.41, 5.74) is 5.61. The fourth-order valence-corrected chi connectivity index (χ4v) is 1.13. The Hall–Kier alpha value is -0.780. The van der Waals surface area contributed by atoms with Gasteiger partial charge in [-0.25, -0.2) is 0 Å². The van der Waals surface area contributed by atoms with E-state index in [-0.39, 0.29) is 24.8 Å². The molecule has 0 saturated carbocycles. The molecular formula is C10H19F3N2O. The van der Waals surface area contributed by atoms with Gasteiger partial charge in [-0.15, -0.1) is 0 Å². The molecule has 0 aliphatic rings. The second-order valence-corrected chi connectivity index (χ2v) is 3.92. The SMILES string of the molecule is CCC(C)[C@H](N)C(=O)NCCCC(F)(F)F. The first-order valence-corrected chi connectivity index (χ1v) is 5.38. The monoisotopic (exact) mass is 240 g/mol. The van der Waals surface area contributed by atoms with E-state index in [0.717, 1.165) is 6.42 Å². The van der Waals surface area contributed by atoms with Crippen molar-refractivity contribution in [1.82, 2.24) is 5.32 Å². The van der Waals surface area contributed by atoms with Crippen molar-refractivity contribution in [2.75, 3.05) is 6.54 Å². The smallest absolute Gasteiger partial charge is 0.355 e. The van der Waals surface area contributed by atoms with Crippen molar-refractivity contribution in [3.05, 3.63) is 0 Å². The third kappa shape index (κ3) is 6.66. The molecule has 1 amide bonds. The van der Waals surface area contributed by atoms with Gasteiger partial charge in [-0.3, -0.25) is 4.79 Å². The van der Waals surface area contributed by atoms with Gasteiger partial charge < -0.3 is 11.1 Å². The molecule has 0 fully saturated rings. The molecular weight excluding hydrogens is 221 g/mol. The molecule has 0 bridgehead atoms. The van der Waals surface area contributed by atoms with E-state index in [2.05, 4.69) is 5.32 Å². The average Bonchev–Trinajstić information content (AvgIpc) is 2.20. The van der Waals surface area contributed by atoms with E-state index < -0.39 is 18.6 Å². The maximum atomic E-state index is 11.8. The molecule has 16 heavy (non-hydrogen) atoms. The lowest BCUT2D eigenvalue weighted by Gasteiger charge is -2.17. The van der Waals surface area contributed by atoms with Crippen LogP contribution >= 0.6 is 0 Å². The molecule has 0 aliphatic heterocycles. The number of nitrogens with one attached hydrogen (secondary N) is 1. The Labute approximate surface area is 93.6 Å². The predicted molar refractivity (Wildman–Crippen MR) is 55.7 cm³/mol. The van der Waals surface area contributed by atoms with Crippen LogP contribution in [0.4, 0.5) is 13.2 Å². The Bertz CT molecular complexity index is 219. The number of rotatable bonds is 6. The van der Waals surface area contributed by atoms with Gasteiger partial charge in [0.15, 0.2) is 0 Å². The highest BCUT2D eigenvalue weighted by Crippen LogP contribution is 2.20. The molecule has 0 spiro atoms. The van der Waals surface area contributed by atoms with E-state index in [1.165, 1.54) is 0 Å². The highest BCUT2D eigenvalue weighted by Gasteiger charge is 2.26. The van der Waals surface area contributed by atoms with Crippen molar-refractivity contribution in [2.24, 2.45) is 11.7 Å². The Morgan fingerprint density at radius 3 is 2.44 bits per heavy atom. The van der Waals surface area contributed by atoms with Gasteiger partial charge in [0.1, 0.15) is 0 Å². The number of hydrogen-bond acceptors (Lipinski definition) is 2. The van der Waals surface area contributed by atoms with Crippen molar-refractivity contribution in [1.29, 1.82) is 0 Å². The molecule has 3 nitrogen and oxygen atoms in total. The Balaban J connectivity index is 3.74. The molecule has 96 valence electrons.